The number of ketones is 1. The number of carbonyl (C=O) groups excluding carboxylic acids is 1. The molecule has 1 fully saturated rings. The van der Waals surface area contributed by atoms with Crippen LogP contribution in [0.15, 0.2) is 18.2 Å². The molecule has 22 heavy (non-hydrogen) atoms. The Balaban J connectivity index is 2.27. The Bertz CT molecular complexity index is 787. The number of nitriles is 1. The maximum absolute atomic E-state index is 11.9. The Kier molecular flexibility index (Phi) is 3.78. The normalized spacial score (nSPS) is 14.9. The maximum Gasteiger partial charge on any atom is 0.161 e. The van der Waals surface area contributed by atoms with Crippen LogP contribution < -0.4 is 4.90 Å². The van der Waals surface area contributed by atoms with Crippen LogP contribution in [-0.4, -0.2) is 37.1 Å². The number of carbonyl (C=O) groups is 1. The van der Waals surface area contributed by atoms with Crippen LogP contribution in [0, 0.1) is 18.3 Å². The van der Waals surface area contributed by atoms with E-state index in [1.807, 2.05) is 19.1 Å². The summed E-state index contributed by atoms with van der Waals surface area (Å²) in [7, 11) is 0. The minimum atomic E-state index is -0.0412. The Morgan fingerprint density at radius 1 is 1.36 bits per heavy atom. The van der Waals surface area contributed by atoms with Crippen molar-refractivity contribution in [3.05, 3.63) is 34.9 Å². The maximum atomic E-state index is 11.9. The molecule has 0 spiro atoms. The van der Waals surface area contributed by atoms with Crippen molar-refractivity contribution < 1.29 is 9.53 Å². The van der Waals surface area contributed by atoms with E-state index in [-0.39, 0.29) is 5.78 Å². The molecule has 1 saturated heterocycles. The van der Waals surface area contributed by atoms with Crippen molar-refractivity contribution in [3.8, 4) is 6.07 Å². The monoisotopic (exact) mass is 295 g/mol. The second kappa shape index (κ2) is 5.74. The van der Waals surface area contributed by atoms with E-state index < -0.39 is 0 Å². The highest BCUT2D eigenvalue weighted by Crippen LogP contribution is 2.28. The van der Waals surface area contributed by atoms with Gasteiger partial charge in [-0.25, -0.2) is 4.98 Å². The number of rotatable bonds is 2. The molecule has 1 aromatic carbocycles. The first-order valence-electron chi connectivity index (χ1n) is 7.30. The highest BCUT2D eigenvalue weighted by Gasteiger charge is 2.18. The largest absolute Gasteiger partial charge is 0.378 e. The molecule has 5 heteroatoms. The van der Waals surface area contributed by atoms with Crippen LogP contribution in [0.25, 0.3) is 10.9 Å². The van der Waals surface area contributed by atoms with Gasteiger partial charge in [-0.15, -0.1) is 0 Å². The second-order valence-electron chi connectivity index (χ2n) is 5.45. The van der Waals surface area contributed by atoms with E-state index in [9.17, 15) is 10.1 Å². The molecule has 2 aromatic rings. The quantitative estimate of drug-likeness (QED) is 0.796. The zero-order chi connectivity index (χ0) is 15.7. The lowest BCUT2D eigenvalue weighted by Crippen LogP contribution is -2.36. The van der Waals surface area contributed by atoms with Gasteiger partial charge in [0.1, 0.15) is 5.82 Å². The van der Waals surface area contributed by atoms with Crippen molar-refractivity contribution >= 4 is 22.5 Å². The highest BCUT2D eigenvalue weighted by atomic mass is 16.5. The summed E-state index contributed by atoms with van der Waals surface area (Å²) < 4.78 is 5.36. The average Bonchev–Trinajstić information content (AvgIpc) is 2.54. The number of morpholine rings is 1. The van der Waals surface area contributed by atoms with Gasteiger partial charge < -0.3 is 9.64 Å². The van der Waals surface area contributed by atoms with Gasteiger partial charge in [-0.2, -0.15) is 5.26 Å². The van der Waals surface area contributed by atoms with Crippen LogP contribution in [-0.2, 0) is 4.74 Å². The van der Waals surface area contributed by atoms with Crippen molar-refractivity contribution in [2.24, 2.45) is 0 Å². The minimum absolute atomic E-state index is 0.0412. The highest BCUT2D eigenvalue weighted by molar-refractivity contribution is 6.07. The third-order valence-electron chi connectivity index (χ3n) is 3.99. The van der Waals surface area contributed by atoms with Gasteiger partial charge in [0.15, 0.2) is 5.78 Å². The van der Waals surface area contributed by atoms with Crippen molar-refractivity contribution in [1.82, 2.24) is 4.98 Å². The lowest BCUT2D eigenvalue weighted by Gasteiger charge is -2.28. The van der Waals surface area contributed by atoms with Crippen LogP contribution in [0.2, 0.25) is 0 Å². The molecule has 2 heterocycles. The molecule has 0 aliphatic carbocycles. The standard InChI is InChI=1S/C17H17N3O2/c1-11-3-4-14(12(2)21)17-16(11)13(10-18)9-15(19-17)20-5-7-22-8-6-20/h3-4,9H,5-8H2,1-2H3. The molecule has 0 amide bonds. The van der Waals surface area contributed by atoms with E-state index in [2.05, 4.69) is 16.0 Å². The molecular weight excluding hydrogens is 278 g/mol. The molecule has 0 unspecified atom stereocenters. The van der Waals surface area contributed by atoms with Gasteiger partial charge >= 0.3 is 0 Å². The molecule has 0 N–H and O–H groups in total. The third-order valence-corrected chi connectivity index (χ3v) is 3.99. The summed E-state index contributed by atoms with van der Waals surface area (Å²) >= 11 is 0. The van der Waals surface area contributed by atoms with Gasteiger partial charge in [-0.05, 0) is 31.5 Å². The third kappa shape index (κ3) is 2.42. The fourth-order valence-electron chi connectivity index (χ4n) is 2.82. The summed E-state index contributed by atoms with van der Waals surface area (Å²) in [4.78, 5) is 18.7. The molecule has 1 aliphatic rings. The Hall–Kier alpha value is -2.45. The summed E-state index contributed by atoms with van der Waals surface area (Å²) in [6.45, 7) is 6.24. The van der Waals surface area contributed by atoms with E-state index in [1.54, 1.807) is 6.07 Å². The van der Waals surface area contributed by atoms with Crippen LogP contribution in [0.3, 0.4) is 0 Å². The Morgan fingerprint density at radius 2 is 2.09 bits per heavy atom. The first-order valence-corrected chi connectivity index (χ1v) is 7.30. The summed E-state index contributed by atoms with van der Waals surface area (Å²) in [6, 6.07) is 7.72. The van der Waals surface area contributed by atoms with Crippen LogP contribution in [0.1, 0.15) is 28.4 Å². The number of fused-ring (bicyclic) bond motifs is 1. The van der Waals surface area contributed by atoms with E-state index in [4.69, 9.17) is 4.74 Å². The number of pyridine rings is 1. The van der Waals surface area contributed by atoms with Crippen molar-refractivity contribution in [1.29, 1.82) is 5.26 Å². The van der Waals surface area contributed by atoms with Gasteiger partial charge in [0.05, 0.1) is 30.4 Å². The number of aromatic nitrogens is 1. The van der Waals surface area contributed by atoms with Crippen molar-refractivity contribution in [2.45, 2.75) is 13.8 Å². The number of hydrogen-bond donors (Lipinski definition) is 0. The topological polar surface area (TPSA) is 66.2 Å². The molecule has 1 aromatic heterocycles. The molecule has 0 saturated carbocycles. The Labute approximate surface area is 129 Å². The molecule has 0 atom stereocenters. The SMILES string of the molecule is CC(=O)c1ccc(C)c2c(C#N)cc(N3CCOCC3)nc12. The second-order valence-corrected chi connectivity index (χ2v) is 5.45. The fraction of sp³-hybridized carbons (Fsp3) is 0.353. The van der Waals surface area contributed by atoms with E-state index >= 15 is 0 Å². The van der Waals surface area contributed by atoms with Gasteiger partial charge in [-0.3, -0.25) is 4.79 Å². The molecule has 5 nitrogen and oxygen atoms in total. The summed E-state index contributed by atoms with van der Waals surface area (Å²) in [5.41, 5.74) is 2.70. The molecule has 0 bridgehead atoms. The summed E-state index contributed by atoms with van der Waals surface area (Å²) in [5, 5.41) is 10.3. The van der Waals surface area contributed by atoms with E-state index in [0.717, 1.165) is 29.9 Å². The summed E-state index contributed by atoms with van der Waals surface area (Å²) in [6.07, 6.45) is 0. The number of anilines is 1. The molecule has 1 aliphatic heterocycles. The van der Waals surface area contributed by atoms with Crippen molar-refractivity contribution in [3.63, 3.8) is 0 Å². The van der Waals surface area contributed by atoms with E-state index in [1.165, 1.54) is 6.92 Å². The zero-order valence-electron chi connectivity index (χ0n) is 12.7. The molecular formula is C17H17N3O2. The first kappa shape index (κ1) is 14.5. The predicted molar refractivity (Wildman–Crippen MR) is 84.2 cm³/mol. The van der Waals surface area contributed by atoms with Crippen molar-refractivity contribution in [2.75, 3.05) is 31.2 Å². The predicted octanol–water partition coefficient (Wildman–Crippen LogP) is 2.45. The van der Waals surface area contributed by atoms with Crippen LogP contribution in [0.5, 0.6) is 0 Å². The number of aryl methyl sites for hydroxylation is 1. The number of benzene rings is 1. The van der Waals surface area contributed by atoms with Gasteiger partial charge in [0.2, 0.25) is 0 Å². The van der Waals surface area contributed by atoms with Gasteiger partial charge in [-0.1, -0.05) is 6.07 Å². The number of ether oxygens (including phenoxy) is 1. The minimum Gasteiger partial charge on any atom is -0.378 e. The summed E-state index contributed by atoms with van der Waals surface area (Å²) in [5.74, 6) is 0.695. The lowest BCUT2D eigenvalue weighted by molar-refractivity contribution is 0.101. The molecule has 112 valence electrons. The number of nitrogens with zero attached hydrogens (tertiary/aromatic N) is 3. The van der Waals surface area contributed by atoms with E-state index in [0.29, 0.717) is 29.9 Å². The van der Waals surface area contributed by atoms with Crippen LogP contribution in [0.4, 0.5) is 5.82 Å². The molecule has 0 radical (unpaired) electrons. The smallest absolute Gasteiger partial charge is 0.161 e. The molecule has 3 rings (SSSR count). The number of hydrogen-bond acceptors (Lipinski definition) is 5. The van der Waals surface area contributed by atoms with Crippen LogP contribution >= 0.6 is 0 Å². The van der Waals surface area contributed by atoms with Gasteiger partial charge in [0, 0.05) is 24.0 Å². The fourth-order valence-corrected chi connectivity index (χ4v) is 2.82. The lowest BCUT2D eigenvalue weighted by atomic mass is 9.99. The first-order chi connectivity index (χ1) is 10.6. The van der Waals surface area contributed by atoms with Gasteiger partial charge in [0.25, 0.3) is 0 Å². The Morgan fingerprint density at radius 3 is 2.73 bits per heavy atom. The average molecular weight is 295 g/mol. The number of Topliss-reactive ketones (excluding diaryl/α,β-unsaturated/α-hetero) is 1. The zero-order valence-corrected chi connectivity index (χ0v) is 12.7.